The van der Waals surface area contributed by atoms with Gasteiger partial charge in [0.1, 0.15) is 0 Å². The van der Waals surface area contributed by atoms with E-state index >= 15 is 0 Å². The molecule has 0 bridgehead atoms. The fourth-order valence-electron chi connectivity index (χ4n) is 2.25. The molecule has 0 aromatic heterocycles. The molecule has 2 N–H and O–H groups in total. The number of carbonyl (C=O) groups is 2. The first-order chi connectivity index (χ1) is 8.69. The highest BCUT2D eigenvalue weighted by Crippen LogP contribution is 2.11. The molecule has 18 heavy (non-hydrogen) atoms. The number of hydrogen-bond acceptors (Lipinski definition) is 3. The molecule has 5 nitrogen and oxygen atoms in total. The van der Waals surface area contributed by atoms with E-state index in [0.717, 1.165) is 32.2 Å². The molecular weight excluding hydrogens is 230 g/mol. The number of nitrogens with one attached hydrogen (secondary N) is 2. The molecule has 1 fully saturated rings. The van der Waals surface area contributed by atoms with E-state index in [1.165, 1.54) is 6.42 Å². The Morgan fingerprint density at radius 1 is 1.33 bits per heavy atom. The Morgan fingerprint density at radius 2 is 2.11 bits per heavy atom. The van der Waals surface area contributed by atoms with Gasteiger partial charge in [-0.2, -0.15) is 0 Å². The molecule has 5 heteroatoms. The molecule has 1 atom stereocenters. The van der Waals surface area contributed by atoms with Crippen LogP contribution in [0.5, 0.6) is 0 Å². The maximum absolute atomic E-state index is 12.4. The molecule has 2 amide bonds. The molecular formula is C13H25N3O2. The van der Waals surface area contributed by atoms with E-state index in [1.54, 1.807) is 11.9 Å². The second-order valence-electron chi connectivity index (χ2n) is 4.79. The highest BCUT2D eigenvalue weighted by molar-refractivity contribution is 5.87. The van der Waals surface area contributed by atoms with Gasteiger partial charge in [-0.25, -0.2) is 0 Å². The van der Waals surface area contributed by atoms with Gasteiger partial charge in [0.25, 0.3) is 0 Å². The Balaban J connectivity index is 2.58. The van der Waals surface area contributed by atoms with Gasteiger partial charge in [-0.05, 0) is 25.8 Å². The predicted molar refractivity (Wildman–Crippen MR) is 71.2 cm³/mol. The van der Waals surface area contributed by atoms with Crippen molar-refractivity contribution in [2.24, 2.45) is 0 Å². The van der Waals surface area contributed by atoms with Crippen molar-refractivity contribution in [3.63, 3.8) is 0 Å². The van der Waals surface area contributed by atoms with E-state index in [-0.39, 0.29) is 24.4 Å². The molecule has 1 saturated heterocycles. The number of rotatable bonds is 5. The molecule has 104 valence electrons. The summed E-state index contributed by atoms with van der Waals surface area (Å²) in [6, 6.07) is -0.108. The van der Waals surface area contributed by atoms with Crippen molar-refractivity contribution in [1.29, 1.82) is 0 Å². The Labute approximate surface area is 109 Å². The monoisotopic (exact) mass is 255 g/mol. The first-order valence-corrected chi connectivity index (χ1v) is 6.91. The van der Waals surface area contributed by atoms with Crippen molar-refractivity contribution in [3.05, 3.63) is 0 Å². The summed E-state index contributed by atoms with van der Waals surface area (Å²) in [5.74, 6) is -0.0345. The van der Waals surface area contributed by atoms with Crippen molar-refractivity contribution >= 4 is 11.8 Å². The minimum Gasteiger partial charge on any atom is -0.358 e. The van der Waals surface area contributed by atoms with Crippen LogP contribution in [0.25, 0.3) is 0 Å². The number of nitrogens with zero attached hydrogens (tertiary/aromatic N) is 1. The van der Waals surface area contributed by atoms with Gasteiger partial charge in [-0.1, -0.05) is 19.8 Å². The van der Waals surface area contributed by atoms with E-state index < -0.39 is 0 Å². The van der Waals surface area contributed by atoms with Crippen molar-refractivity contribution in [2.75, 3.05) is 26.7 Å². The van der Waals surface area contributed by atoms with E-state index in [0.29, 0.717) is 6.54 Å². The van der Waals surface area contributed by atoms with Gasteiger partial charge in [0.05, 0.1) is 12.6 Å². The second kappa shape index (κ2) is 8.08. The van der Waals surface area contributed by atoms with Crippen LogP contribution in [0.1, 0.15) is 39.0 Å². The highest BCUT2D eigenvalue weighted by Gasteiger charge is 2.25. The number of amides is 2. The zero-order valence-corrected chi connectivity index (χ0v) is 11.5. The number of likely N-dealkylation sites (N-methyl/N-ethyl adjacent to an activating group) is 1. The molecule has 0 saturated carbocycles. The van der Waals surface area contributed by atoms with Crippen LogP contribution >= 0.6 is 0 Å². The number of carbonyl (C=O) groups excluding carboxylic acids is 2. The van der Waals surface area contributed by atoms with Crippen LogP contribution in [0.2, 0.25) is 0 Å². The fourth-order valence-corrected chi connectivity index (χ4v) is 2.25. The second-order valence-corrected chi connectivity index (χ2v) is 4.79. The summed E-state index contributed by atoms with van der Waals surface area (Å²) in [4.78, 5) is 25.5. The van der Waals surface area contributed by atoms with Gasteiger partial charge in [-0.3, -0.25) is 9.59 Å². The SMILES string of the molecule is CCCN(CC(=O)NC)C(=O)C1CCCCCN1. The molecule has 1 unspecified atom stereocenters. The van der Waals surface area contributed by atoms with Crippen LogP contribution in [-0.2, 0) is 9.59 Å². The van der Waals surface area contributed by atoms with Gasteiger partial charge in [-0.15, -0.1) is 0 Å². The molecule has 1 aliphatic rings. The zero-order valence-electron chi connectivity index (χ0n) is 11.5. The van der Waals surface area contributed by atoms with E-state index in [2.05, 4.69) is 10.6 Å². The standard InChI is InChI=1S/C13H25N3O2/c1-3-9-16(10-12(17)14-2)13(18)11-7-5-4-6-8-15-11/h11,15H,3-10H2,1-2H3,(H,14,17). The molecule has 0 radical (unpaired) electrons. The maximum Gasteiger partial charge on any atom is 0.240 e. The molecule has 1 heterocycles. The predicted octanol–water partition coefficient (Wildman–Crippen LogP) is 0.503. The van der Waals surface area contributed by atoms with E-state index in [9.17, 15) is 9.59 Å². The zero-order chi connectivity index (χ0) is 13.4. The summed E-state index contributed by atoms with van der Waals surface area (Å²) >= 11 is 0. The third kappa shape index (κ3) is 4.64. The largest absolute Gasteiger partial charge is 0.358 e. The first-order valence-electron chi connectivity index (χ1n) is 6.91. The summed E-state index contributed by atoms with van der Waals surface area (Å²) in [7, 11) is 1.60. The summed E-state index contributed by atoms with van der Waals surface area (Å²) in [5, 5.41) is 5.86. The molecule has 0 aliphatic carbocycles. The van der Waals surface area contributed by atoms with Gasteiger partial charge < -0.3 is 15.5 Å². The lowest BCUT2D eigenvalue weighted by atomic mass is 10.1. The third-order valence-electron chi connectivity index (χ3n) is 3.28. The minimum absolute atomic E-state index is 0.0716. The van der Waals surface area contributed by atoms with Crippen LogP contribution in [0.15, 0.2) is 0 Å². The summed E-state index contributed by atoms with van der Waals surface area (Å²) in [6.45, 7) is 3.73. The Hall–Kier alpha value is -1.10. The van der Waals surface area contributed by atoms with Crippen LogP contribution in [0.4, 0.5) is 0 Å². The van der Waals surface area contributed by atoms with Crippen molar-refractivity contribution in [3.8, 4) is 0 Å². The Kier molecular flexibility index (Phi) is 6.72. The topological polar surface area (TPSA) is 61.4 Å². The Bertz CT molecular complexity index is 273. The van der Waals surface area contributed by atoms with Crippen LogP contribution in [0.3, 0.4) is 0 Å². The van der Waals surface area contributed by atoms with E-state index in [4.69, 9.17) is 0 Å². The fraction of sp³-hybridized carbons (Fsp3) is 0.846. The van der Waals surface area contributed by atoms with Gasteiger partial charge in [0, 0.05) is 13.6 Å². The third-order valence-corrected chi connectivity index (χ3v) is 3.28. The van der Waals surface area contributed by atoms with Crippen LogP contribution in [0, 0.1) is 0 Å². The van der Waals surface area contributed by atoms with Crippen molar-refractivity contribution in [1.82, 2.24) is 15.5 Å². The summed E-state index contributed by atoms with van der Waals surface area (Å²) < 4.78 is 0. The van der Waals surface area contributed by atoms with Gasteiger partial charge in [0.15, 0.2) is 0 Å². The molecule has 0 spiro atoms. The first kappa shape index (κ1) is 15.0. The maximum atomic E-state index is 12.4. The van der Waals surface area contributed by atoms with Gasteiger partial charge >= 0.3 is 0 Å². The van der Waals surface area contributed by atoms with Gasteiger partial charge in [0.2, 0.25) is 11.8 Å². The van der Waals surface area contributed by atoms with Crippen molar-refractivity contribution < 1.29 is 9.59 Å². The normalized spacial score (nSPS) is 20.0. The quantitative estimate of drug-likeness (QED) is 0.752. The van der Waals surface area contributed by atoms with E-state index in [1.807, 2.05) is 6.92 Å². The number of hydrogen-bond donors (Lipinski definition) is 2. The lowest BCUT2D eigenvalue weighted by molar-refractivity contribution is -0.137. The van der Waals surface area contributed by atoms with Crippen LogP contribution in [-0.4, -0.2) is 49.4 Å². The van der Waals surface area contributed by atoms with Crippen LogP contribution < -0.4 is 10.6 Å². The summed E-state index contributed by atoms with van der Waals surface area (Å²) in [6.07, 6.45) is 5.15. The lowest BCUT2D eigenvalue weighted by Gasteiger charge is -2.26. The molecule has 0 aromatic rings. The average molecular weight is 255 g/mol. The lowest BCUT2D eigenvalue weighted by Crippen LogP contribution is -2.49. The highest BCUT2D eigenvalue weighted by atomic mass is 16.2. The van der Waals surface area contributed by atoms with Crippen molar-refractivity contribution in [2.45, 2.75) is 45.1 Å². The average Bonchev–Trinajstić information content (AvgIpc) is 2.66. The minimum atomic E-state index is -0.108. The Morgan fingerprint density at radius 3 is 2.78 bits per heavy atom. The summed E-state index contributed by atoms with van der Waals surface area (Å²) in [5.41, 5.74) is 0. The molecule has 1 rings (SSSR count). The smallest absolute Gasteiger partial charge is 0.240 e. The molecule has 1 aliphatic heterocycles. The molecule has 0 aromatic carbocycles.